The first-order valence-corrected chi connectivity index (χ1v) is 4.26. The number of halogens is 6. The summed E-state index contributed by atoms with van der Waals surface area (Å²) in [7, 11) is 0. The molecule has 1 rings (SSSR count). The molecule has 0 aromatic rings. The third-order valence-corrected chi connectivity index (χ3v) is 2.44. The molecule has 15 heavy (non-hydrogen) atoms. The average Bonchev–Trinajstić information content (AvgIpc) is 1.99. The lowest BCUT2D eigenvalue weighted by Crippen LogP contribution is -2.38. The number of hydrogen-bond acceptors (Lipinski definition) is 1. The van der Waals surface area contributed by atoms with Crippen molar-refractivity contribution in [3.63, 3.8) is 0 Å². The molecular weight excluding hydrogens is 226 g/mol. The van der Waals surface area contributed by atoms with E-state index in [-0.39, 0.29) is 0 Å². The molecule has 1 nitrogen and oxygen atoms in total. The molecule has 7 heteroatoms. The highest BCUT2D eigenvalue weighted by Gasteiger charge is 2.51. The Labute approximate surface area is 81.4 Å². The number of ketones is 1. The van der Waals surface area contributed by atoms with Gasteiger partial charge >= 0.3 is 12.4 Å². The van der Waals surface area contributed by atoms with Crippen LogP contribution in [0.3, 0.4) is 0 Å². The van der Waals surface area contributed by atoms with Crippen molar-refractivity contribution in [3.8, 4) is 0 Å². The van der Waals surface area contributed by atoms with Gasteiger partial charge in [0.2, 0.25) is 0 Å². The van der Waals surface area contributed by atoms with Gasteiger partial charge in [0, 0.05) is 12.8 Å². The maximum absolute atomic E-state index is 12.2. The van der Waals surface area contributed by atoms with Gasteiger partial charge in [-0.25, -0.2) is 0 Å². The molecule has 0 heterocycles. The van der Waals surface area contributed by atoms with Gasteiger partial charge in [-0.3, -0.25) is 4.79 Å². The summed E-state index contributed by atoms with van der Waals surface area (Å²) in [6, 6.07) is 0. The van der Waals surface area contributed by atoms with Crippen molar-refractivity contribution in [2.75, 3.05) is 0 Å². The SMILES string of the molecule is O=C1CC(C(F)(F)F)CC(C(F)(F)F)C1. The smallest absolute Gasteiger partial charge is 0.300 e. The van der Waals surface area contributed by atoms with Crippen LogP contribution in [-0.4, -0.2) is 18.1 Å². The molecule has 0 aromatic carbocycles. The van der Waals surface area contributed by atoms with Gasteiger partial charge in [0.25, 0.3) is 0 Å². The van der Waals surface area contributed by atoms with Crippen LogP contribution in [0, 0.1) is 11.8 Å². The molecule has 1 aliphatic carbocycles. The largest absolute Gasteiger partial charge is 0.392 e. The molecule has 2 atom stereocenters. The zero-order chi connectivity index (χ0) is 11.9. The third-order valence-electron chi connectivity index (χ3n) is 2.44. The monoisotopic (exact) mass is 234 g/mol. The van der Waals surface area contributed by atoms with Gasteiger partial charge in [-0.1, -0.05) is 0 Å². The van der Waals surface area contributed by atoms with Crippen molar-refractivity contribution in [1.29, 1.82) is 0 Å². The summed E-state index contributed by atoms with van der Waals surface area (Å²) in [5.41, 5.74) is 0. The van der Waals surface area contributed by atoms with Crippen LogP contribution in [0.25, 0.3) is 0 Å². The first-order chi connectivity index (χ1) is 6.60. The predicted octanol–water partition coefficient (Wildman–Crippen LogP) is 3.10. The summed E-state index contributed by atoms with van der Waals surface area (Å²) in [6.45, 7) is 0. The molecule has 0 aliphatic heterocycles. The minimum atomic E-state index is -4.72. The van der Waals surface area contributed by atoms with Crippen molar-refractivity contribution < 1.29 is 31.1 Å². The maximum atomic E-state index is 12.2. The van der Waals surface area contributed by atoms with Crippen LogP contribution < -0.4 is 0 Å². The Morgan fingerprint density at radius 3 is 1.47 bits per heavy atom. The maximum Gasteiger partial charge on any atom is 0.392 e. The van der Waals surface area contributed by atoms with E-state index < -0.39 is 49.2 Å². The quantitative estimate of drug-likeness (QED) is 0.588. The van der Waals surface area contributed by atoms with Gasteiger partial charge in [0.15, 0.2) is 0 Å². The Hall–Kier alpha value is -0.750. The van der Waals surface area contributed by atoms with Crippen molar-refractivity contribution in [3.05, 3.63) is 0 Å². The predicted molar refractivity (Wildman–Crippen MR) is 37.9 cm³/mol. The Morgan fingerprint density at radius 1 is 0.867 bits per heavy atom. The van der Waals surface area contributed by atoms with E-state index in [0.717, 1.165) is 0 Å². The summed E-state index contributed by atoms with van der Waals surface area (Å²) < 4.78 is 72.9. The minimum absolute atomic E-state index is 0.823. The first kappa shape index (κ1) is 12.3. The molecule has 1 saturated carbocycles. The van der Waals surface area contributed by atoms with Gasteiger partial charge < -0.3 is 0 Å². The van der Waals surface area contributed by atoms with E-state index >= 15 is 0 Å². The molecule has 0 aromatic heterocycles. The van der Waals surface area contributed by atoms with Crippen molar-refractivity contribution in [1.82, 2.24) is 0 Å². The first-order valence-electron chi connectivity index (χ1n) is 4.26. The topological polar surface area (TPSA) is 17.1 Å². The number of alkyl halides is 6. The Morgan fingerprint density at radius 2 is 1.20 bits per heavy atom. The van der Waals surface area contributed by atoms with Crippen LogP contribution in [-0.2, 0) is 4.79 Å². The fraction of sp³-hybridized carbons (Fsp3) is 0.875. The Kier molecular flexibility index (Phi) is 3.02. The van der Waals surface area contributed by atoms with Gasteiger partial charge in [-0.15, -0.1) is 0 Å². The van der Waals surface area contributed by atoms with E-state index in [1.165, 1.54) is 0 Å². The van der Waals surface area contributed by atoms with E-state index in [1.807, 2.05) is 0 Å². The van der Waals surface area contributed by atoms with Gasteiger partial charge in [-0.05, 0) is 6.42 Å². The summed E-state index contributed by atoms with van der Waals surface area (Å²) in [6.07, 6.45) is -12.1. The summed E-state index contributed by atoms with van der Waals surface area (Å²) in [5, 5.41) is 0. The van der Waals surface area contributed by atoms with Crippen LogP contribution in [0.4, 0.5) is 26.3 Å². The lowest BCUT2D eigenvalue weighted by molar-refractivity contribution is -0.220. The highest BCUT2D eigenvalue weighted by Crippen LogP contribution is 2.44. The van der Waals surface area contributed by atoms with Crippen molar-refractivity contribution >= 4 is 5.78 Å². The van der Waals surface area contributed by atoms with Gasteiger partial charge in [-0.2, -0.15) is 26.3 Å². The highest BCUT2D eigenvalue weighted by atomic mass is 19.4. The molecule has 0 spiro atoms. The minimum Gasteiger partial charge on any atom is -0.300 e. The van der Waals surface area contributed by atoms with E-state index in [1.54, 1.807) is 0 Å². The third kappa shape index (κ3) is 3.10. The molecule has 2 unspecified atom stereocenters. The van der Waals surface area contributed by atoms with Crippen LogP contribution in [0.2, 0.25) is 0 Å². The average molecular weight is 234 g/mol. The lowest BCUT2D eigenvalue weighted by Gasteiger charge is -2.30. The zero-order valence-corrected chi connectivity index (χ0v) is 7.45. The Bertz CT molecular complexity index is 229. The molecule has 1 fully saturated rings. The second-order valence-corrected chi connectivity index (χ2v) is 3.66. The van der Waals surface area contributed by atoms with Crippen molar-refractivity contribution in [2.24, 2.45) is 11.8 Å². The molecular formula is C8H8F6O. The molecule has 0 amide bonds. The molecule has 0 bridgehead atoms. The summed E-state index contributed by atoms with van der Waals surface area (Å²) >= 11 is 0. The van der Waals surface area contributed by atoms with Crippen LogP contribution in [0.1, 0.15) is 19.3 Å². The number of carbonyl (C=O) groups excluding carboxylic acids is 1. The second kappa shape index (κ2) is 3.68. The standard InChI is InChI=1S/C8H8F6O/c9-7(10,11)4-1-5(8(12,13)14)3-6(15)2-4/h4-5H,1-3H2. The fourth-order valence-corrected chi connectivity index (χ4v) is 1.64. The van der Waals surface area contributed by atoms with Crippen molar-refractivity contribution in [2.45, 2.75) is 31.6 Å². The molecule has 1 aliphatic rings. The number of Topliss-reactive ketones (excluding diaryl/α,β-unsaturated/α-hetero) is 1. The van der Waals surface area contributed by atoms with E-state index in [0.29, 0.717) is 0 Å². The van der Waals surface area contributed by atoms with E-state index in [9.17, 15) is 31.1 Å². The summed E-state index contributed by atoms with van der Waals surface area (Å²) in [5.74, 6) is -5.26. The van der Waals surface area contributed by atoms with E-state index in [4.69, 9.17) is 0 Å². The van der Waals surface area contributed by atoms with Gasteiger partial charge in [0.1, 0.15) is 5.78 Å². The van der Waals surface area contributed by atoms with Crippen LogP contribution >= 0.6 is 0 Å². The number of carbonyl (C=O) groups is 1. The number of rotatable bonds is 0. The van der Waals surface area contributed by atoms with E-state index in [2.05, 4.69) is 0 Å². The lowest BCUT2D eigenvalue weighted by atomic mass is 9.80. The van der Waals surface area contributed by atoms with Crippen LogP contribution in [0.5, 0.6) is 0 Å². The summed E-state index contributed by atoms with van der Waals surface area (Å²) in [4.78, 5) is 10.8. The second-order valence-electron chi connectivity index (χ2n) is 3.66. The normalized spacial score (nSPS) is 29.3. The highest BCUT2D eigenvalue weighted by molar-refractivity contribution is 5.79. The number of hydrogen-bond donors (Lipinski definition) is 0. The van der Waals surface area contributed by atoms with Crippen LogP contribution in [0.15, 0.2) is 0 Å². The molecule has 88 valence electrons. The van der Waals surface area contributed by atoms with Gasteiger partial charge in [0.05, 0.1) is 11.8 Å². The molecule has 0 radical (unpaired) electrons. The molecule has 0 saturated heterocycles. The zero-order valence-electron chi connectivity index (χ0n) is 7.45. The Balaban J connectivity index is 2.77. The molecule has 0 N–H and O–H groups in total. The fourth-order valence-electron chi connectivity index (χ4n) is 1.64.